The monoisotopic (exact) mass is 447 g/mol. The summed E-state index contributed by atoms with van der Waals surface area (Å²) in [7, 11) is 0. The Bertz CT molecular complexity index is 1090. The van der Waals surface area contributed by atoms with Gasteiger partial charge in [-0.2, -0.15) is 0 Å². The van der Waals surface area contributed by atoms with E-state index in [-0.39, 0.29) is 18.0 Å². The van der Waals surface area contributed by atoms with Crippen molar-refractivity contribution in [2.24, 2.45) is 0 Å². The number of nitrogens with zero attached hydrogens (tertiary/aromatic N) is 3. The second-order valence-electron chi connectivity index (χ2n) is 8.47. The molecule has 0 saturated carbocycles. The van der Waals surface area contributed by atoms with Gasteiger partial charge in [-0.1, -0.05) is 18.2 Å². The van der Waals surface area contributed by atoms with Crippen LogP contribution in [0.4, 0.5) is 5.69 Å². The van der Waals surface area contributed by atoms with Crippen molar-refractivity contribution in [1.29, 1.82) is 0 Å². The molecule has 3 aromatic rings. The average Bonchev–Trinajstić information content (AvgIpc) is 3.37. The van der Waals surface area contributed by atoms with Crippen molar-refractivity contribution in [3.63, 3.8) is 0 Å². The van der Waals surface area contributed by atoms with Crippen molar-refractivity contribution in [2.45, 2.75) is 45.3 Å². The summed E-state index contributed by atoms with van der Waals surface area (Å²) in [6, 6.07) is 16.1. The average molecular weight is 448 g/mol. The predicted octanol–water partition coefficient (Wildman–Crippen LogP) is 4.77. The normalized spacial score (nSPS) is 18.1. The molecule has 1 fully saturated rings. The maximum Gasteiger partial charge on any atom is 0.226 e. The molecule has 1 amide bonds. The Labute approximate surface area is 194 Å². The third-order valence-corrected chi connectivity index (χ3v) is 6.11. The minimum absolute atomic E-state index is 0.0295. The Balaban J connectivity index is 1.54. The SMILES string of the molecule is Cc1cccc(NC(=O)CCN2C(=S)N[C@@H](c3ccccn3)[C@H]2c2ccn(C(C)C)c2)c1. The topological polar surface area (TPSA) is 62.2 Å². The van der Waals surface area contributed by atoms with E-state index in [9.17, 15) is 4.79 Å². The molecule has 0 aliphatic carbocycles. The highest BCUT2D eigenvalue weighted by Gasteiger charge is 2.40. The molecule has 166 valence electrons. The van der Waals surface area contributed by atoms with E-state index in [1.54, 1.807) is 6.20 Å². The van der Waals surface area contributed by atoms with Gasteiger partial charge in [0, 0.05) is 43.3 Å². The number of hydrogen-bond acceptors (Lipinski definition) is 3. The molecule has 3 heterocycles. The van der Waals surface area contributed by atoms with Crippen LogP contribution in [0.3, 0.4) is 0 Å². The first kappa shape index (κ1) is 22.0. The van der Waals surface area contributed by atoms with E-state index in [1.807, 2.05) is 49.4 Å². The highest BCUT2D eigenvalue weighted by Crippen LogP contribution is 2.39. The molecule has 4 rings (SSSR count). The summed E-state index contributed by atoms with van der Waals surface area (Å²) in [6.45, 7) is 6.84. The summed E-state index contributed by atoms with van der Waals surface area (Å²) in [4.78, 5) is 19.3. The smallest absolute Gasteiger partial charge is 0.226 e. The van der Waals surface area contributed by atoms with Gasteiger partial charge >= 0.3 is 0 Å². The third kappa shape index (κ3) is 4.83. The maximum absolute atomic E-state index is 12.7. The zero-order chi connectivity index (χ0) is 22.7. The molecule has 2 atom stereocenters. The number of anilines is 1. The van der Waals surface area contributed by atoms with Crippen LogP contribution in [-0.4, -0.2) is 32.0 Å². The number of rotatable bonds is 7. The van der Waals surface area contributed by atoms with Crippen molar-refractivity contribution in [3.8, 4) is 0 Å². The fraction of sp³-hybridized carbons (Fsp3) is 0.320. The summed E-state index contributed by atoms with van der Waals surface area (Å²) >= 11 is 5.70. The second-order valence-corrected chi connectivity index (χ2v) is 8.86. The first-order valence-electron chi connectivity index (χ1n) is 10.9. The molecule has 2 N–H and O–H groups in total. The van der Waals surface area contributed by atoms with E-state index >= 15 is 0 Å². The van der Waals surface area contributed by atoms with Gasteiger partial charge < -0.3 is 20.1 Å². The van der Waals surface area contributed by atoms with Crippen LogP contribution >= 0.6 is 12.2 Å². The van der Waals surface area contributed by atoms with Gasteiger partial charge in [-0.3, -0.25) is 9.78 Å². The summed E-state index contributed by atoms with van der Waals surface area (Å²) in [5.74, 6) is -0.0295. The lowest BCUT2D eigenvalue weighted by atomic mass is 9.99. The Morgan fingerprint density at radius 3 is 2.75 bits per heavy atom. The lowest BCUT2D eigenvalue weighted by Gasteiger charge is -2.27. The standard InChI is InChI=1S/C25H29N5OS/c1-17(2)29-13-10-19(16-29)24-23(21-9-4-5-12-26-21)28-25(32)30(24)14-11-22(31)27-20-8-6-7-18(3)15-20/h4-10,12-13,15-17,23-24H,11,14H2,1-3H3,(H,27,31)(H,28,32)/t23-,24+/m0/s1. The summed E-state index contributed by atoms with van der Waals surface area (Å²) in [5.41, 5.74) is 4.01. The molecule has 1 aromatic carbocycles. The number of benzene rings is 1. The van der Waals surface area contributed by atoms with Crippen LogP contribution in [0.5, 0.6) is 0 Å². The molecule has 1 saturated heterocycles. The van der Waals surface area contributed by atoms with Crippen LogP contribution in [0.15, 0.2) is 67.1 Å². The fourth-order valence-corrected chi connectivity index (χ4v) is 4.44. The molecule has 0 unspecified atom stereocenters. The van der Waals surface area contributed by atoms with Gasteiger partial charge in [0.25, 0.3) is 0 Å². The van der Waals surface area contributed by atoms with Crippen molar-refractivity contribution < 1.29 is 4.79 Å². The maximum atomic E-state index is 12.7. The zero-order valence-electron chi connectivity index (χ0n) is 18.7. The van der Waals surface area contributed by atoms with Crippen molar-refractivity contribution in [2.75, 3.05) is 11.9 Å². The van der Waals surface area contributed by atoms with E-state index in [0.717, 1.165) is 22.5 Å². The Morgan fingerprint density at radius 1 is 1.22 bits per heavy atom. The summed E-state index contributed by atoms with van der Waals surface area (Å²) < 4.78 is 2.19. The number of carbonyl (C=O) groups is 1. The predicted molar refractivity (Wildman–Crippen MR) is 131 cm³/mol. The van der Waals surface area contributed by atoms with Crippen molar-refractivity contribution >= 4 is 28.9 Å². The molecule has 1 aliphatic heterocycles. The van der Waals surface area contributed by atoms with Crippen LogP contribution in [0.1, 0.15) is 55.2 Å². The summed E-state index contributed by atoms with van der Waals surface area (Å²) in [6.07, 6.45) is 6.40. The van der Waals surface area contributed by atoms with Crippen LogP contribution in [-0.2, 0) is 4.79 Å². The largest absolute Gasteiger partial charge is 0.352 e. The van der Waals surface area contributed by atoms with Gasteiger partial charge in [-0.15, -0.1) is 0 Å². The third-order valence-electron chi connectivity index (χ3n) is 5.75. The van der Waals surface area contributed by atoms with E-state index in [2.05, 4.69) is 57.4 Å². The molecule has 6 nitrogen and oxygen atoms in total. The highest BCUT2D eigenvalue weighted by molar-refractivity contribution is 7.80. The number of amides is 1. The Hall–Kier alpha value is -3.19. The molecular weight excluding hydrogens is 418 g/mol. The minimum atomic E-state index is -0.0773. The number of hydrogen-bond donors (Lipinski definition) is 2. The number of pyridine rings is 1. The van der Waals surface area contributed by atoms with E-state index in [4.69, 9.17) is 12.2 Å². The molecular formula is C25H29N5OS. The van der Waals surface area contributed by atoms with Gasteiger partial charge in [0.05, 0.1) is 17.8 Å². The van der Waals surface area contributed by atoms with E-state index < -0.39 is 0 Å². The first-order chi connectivity index (χ1) is 15.4. The second kappa shape index (κ2) is 9.53. The van der Waals surface area contributed by atoms with Gasteiger partial charge in [-0.05, 0) is 74.4 Å². The number of nitrogens with one attached hydrogen (secondary N) is 2. The number of thiocarbonyl (C=S) groups is 1. The lowest BCUT2D eigenvalue weighted by molar-refractivity contribution is -0.116. The highest BCUT2D eigenvalue weighted by atomic mass is 32.1. The molecule has 32 heavy (non-hydrogen) atoms. The number of carbonyl (C=O) groups excluding carboxylic acids is 1. The number of aromatic nitrogens is 2. The quantitative estimate of drug-likeness (QED) is 0.511. The first-order valence-corrected chi connectivity index (χ1v) is 11.3. The van der Waals surface area contributed by atoms with Gasteiger partial charge in [0.2, 0.25) is 5.91 Å². The summed E-state index contributed by atoms with van der Waals surface area (Å²) in [5, 5.41) is 7.08. The molecule has 0 bridgehead atoms. The Kier molecular flexibility index (Phi) is 6.55. The molecule has 0 spiro atoms. The Morgan fingerprint density at radius 2 is 2.06 bits per heavy atom. The van der Waals surface area contributed by atoms with Crippen LogP contribution in [0.25, 0.3) is 0 Å². The molecule has 2 aromatic heterocycles. The fourth-order valence-electron chi connectivity index (χ4n) is 4.10. The van der Waals surface area contributed by atoms with Gasteiger partial charge in [0.15, 0.2) is 5.11 Å². The lowest BCUT2D eigenvalue weighted by Crippen LogP contribution is -2.32. The van der Waals surface area contributed by atoms with Crippen molar-refractivity contribution in [1.82, 2.24) is 19.8 Å². The molecule has 0 radical (unpaired) electrons. The van der Waals surface area contributed by atoms with Gasteiger partial charge in [0.1, 0.15) is 0 Å². The minimum Gasteiger partial charge on any atom is -0.352 e. The van der Waals surface area contributed by atoms with E-state index in [0.29, 0.717) is 24.1 Å². The van der Waals surface area contributed by atoms with Crippen LogP contribution < -0.4 is 10.6 Å². The van der Waals surface area contributed by atoms with Crippen LogP contribution in [0, 0.1) is 6.92 Å². The zero-order valence-corrected chi connectivity index (χ0v) is 19.5. The number of aryl methyl sites for hydroxylation is 1. The van der Waals surface area contributed by atoms with Crippen molar-refractivity contribution in [3.05, 3.63) is 83.9 Å². The van der Waals surface area contributed by atoms with E-state index in [1.165, 1.54) is 0 Å². The molecule has 1 aliphatic rings. The molecule has 7 heteroatoms. The van der Waals surface area contributed by atoms with Crippen LogP contribution in [0.2, 0.25) is 0 Å². The van der Waals surface area contributed by atoms with Gasteiger partial charge in [-0.25, -0.2) is 0 Å².